The molecule has 2 aromatic rings. The van der Waals surface area contributed by atoms with Gasteiger partial charge < -0.3 is 20.7 Å². The summed E-state index contributed by atoms with van der Waals surface area (Å²) in [5.74, 6) is 0.459. The highest BCUT2D eigenvalue weighted by Crippen LogP contribution is 2.16. The molecule has 0 aliphatic rings. The molecule has 0 heterocycles. The van der Waals surface area contributed by atoms with Gasteiger partial charge in [-0.1, -0.05) is 18.2 Å². The molecule has 3 N–H and O–H groups in total. The number of ether oxygens (including phenoxy) is 1. The number of anilines is 2. The van der Waals surface area contributed by atoms with Crippen LogP contribution >= 0.6 is 0 Å². The van der Waals surface area contributed by atoms with Gasteiger partial charge >= 0.3 is 6.03 Å². The maximum absolute atomic E-state index is 12.0. The number of rotatable bonds is 5. The van der Waals surface area contributed by atoms with E-state index in [1.165, 1.54) is 13.1 Å². The summed E-state index contributed by atoms with van der Waals surface area (Å²) >= 11 is 0. The largest absolute Gasteiger partial charge is 0.497 e. The molecule has 2 rings (SSSR count). The first-order valence-electron chi connectivity index (χ1n) is 7.32. The van der Waals surface area contributed by atoms with Crippen molar-refractivity contribution in [2.24, 2.45) is 0 Å². The number of urea groups is 1. The van der Waals surface area contributed by atoms with Gasteiger partial charge in [0.05, 0.1) is 7.11 Å². The van der Waals surface area contributed by atoms with Crippen LogP contribution in [0.2, 0.25) is 0 Å². The Bertz CT molecular complexity index is 757. The van der Waals surface area contributed by atoms with E-state index in [1.807, 2.05) is 24.3 Å². The molecular weight excluding hydrogens is 306 g/mol. The third kappa shape index (κ3) is 5.17. The van der Waals surface area contributed by atoms with Crippen molar-refractivity contribution in [3.05, 3.63) is 60.2 Å². The molecule has 124 valence electrons. The van der Waals surface area contributed by atoms with Gasteiger partial charge in [0.1, 0.15) is 5.75 Å². The van der Waals surface area contributed by atoms with Crippen LogP contribution in [0.5, 0.6) is 5.75 Å². The normalized spacial score (nSPS) is 10.2. The second kappa shape index (κ2) is 8.38. The van der Waals surface area contributed by atoms with Crippen LogP contribution < -0.4 is 20.7 Å². The summed E-state index contributed by atoms with van der Waals surface area (Å²) in [6, 6.07) is 14.0. The zero-order valence-corrected chi connectivity index (χ0v) is 13.5. The van der Waals surface area contributed by atoms with Crippen LogP contribution in [0.4, 0.5) is 16.2 Å². The number of carbonyl (C=O) groups is 2. The molecule has 0 spiro atoms. The molecule has 24 heavy (non-hydrogen) atoms. The van der Waals surface area contributed by atoms with Crippen LogP contribution in [-0.2, 0) is 4.79 Å². The summed E-state index contributed by atoms with van der Waals surface area (Å²) in [5.41, 5.74) is 2.03. The minimum absolute atomic E-state index is 0.269. The first-order chi connectivity index (χ1) is 11.6. The topological polar surface area (TPSA) is 79.5 Å². The van der Waals surface area contributed by atoms with E-state index < -0.39 is 0 Å². The van der Waals surface area contributed by atoms with Crippen LogP contribution in [0.25, 0.3) is 6.08 Å². The zero-order valence-electron chi connectivity index (χ0n) is 13.5. The van der Waals surface area contributed by atoms with Crippen LogP contribution in [-0.4, -0.2) is 26.1 Å². The monoisotopic (exact) mass is 325 g/mol. The molecular formula is C18H19N3O3. The van der Waals surface area contributed by atoms with Gasteiger partial charge in [0, 0.05) is 24.5 Å². The van der Waals surface area contributed by atoms with Crippen molar-refractivity contribution in [1.82, 2.24) is 5.32 Å². The number of carbonyl (C=O) groups excluding carboxylic acids is 2. The highest BCUT2D eigenvalue weighted by Gasteiger charge is 2.02. The summed E-state index contributed by atoms with van der Waals surface area (Å²) in [5, 5.41) is 7.85. The summed E-state index contributed by atoms with van der Waals surface area (Å²) in [7, 11) is 3.12. The molecule has 3 amide bonds. The quantitative estimate of drug-likeness (QED) is 0.739. The average molecular weight is 325 g/mol. The molecule has 2 aromatic carbocycles. The predicted molar refractivity (Wildman–Crippen MR) is 95.2 cm³/mol. The van der Waals surface area contributed by atoms with Crippen LogP contribution in [0.3, 0.4) is 0 Å². The maximum atomic E-state index is 12.0. The minimum atomic E-state index is -0.323. The van der Waals surface area contributed by atoms with E-state index in [4.69, 9.17) is 4.74 Å². The van der Waals surface area contributed by atoms with E-state index in [0.717, 1.165) is 11.3 Å². The lowest BCUT2D eigenvalue weighted by molar-refractivity contribution is -0.111. The van der Waals surface area contributed by atoms with Gasteiger partial charge in [-0.15, -0.1) is 0 Å². The van der Waals surface area contributed by atoms with E-state index >= 15 is 0 Å². The van der Waals surface area contributed by atoms with Crippen molar-refractivity contribution in [3.63, 3.8) is 0 Å². The molecule has 0 aliphatic carbocycles. The van der Waals surface area contributed by atoms with Crippen LogP contribution in [0.1, 0.15) is 5.56 Å². The van der Waals surface area contributed by atoms with Crippen LogP contribution in [0.15, 0.2) is 54.6 Å². The van der Waals surface area contributed by atoms with Crippen LogP contribution in [0, 0.1) is 0 Å². The lowest BCUT2D eigenvalue weighted by atomic mass is 10.2. The Balaban J connectivity index is 2.00. The Hall–Kier alpha value is -3.28. The van der Waals surface area contributed by atoms with Gasteiger partial charge in [-0.05, 0) is 42.0 Å². The fourth-order valence-corrected chi connectivity index (χ4v) is 1.97. The molecule has 0 aliphatic heterocycles. The Morgan fingerprint density at radius 3 is 2.42 bits per heavy atom. The number of nitrogens with one attached hydrogen (secondary N) is 3. The molecule has 0 unspecified atom stereocenters. The summed E-state index contributed by atoms with van der Waals surface area (Å²) in [6.07, 6.45) is 3.14. The SMILES string of the molecule is CNC(=O)Nc1cccc(NC(=O)/C=C/c2cccc(OC)c2)c1. The summed E-state index contributed by atoms with van der Waals surface area (Å²) < 4.78 is 5.14. The van der Waals surface area contributed by atoms with Crippen molar-refractivity contribution in [1.29, 1.82) is 0 Å². The summed E-state index contributed by atoms with van der Waals surface area (Å²) in [4.78, 5) is 23.3. The third-order valence-electron chi connectivity index (χ3n) is 3.14. The Morgan fingerprint density at radius 1 is 1.00 bits per heavy atom. The fraction of sp³-hybridized carbons (Fsp3) is 0.111. The van der Waals surface area contributed by atoms with Gasteiger partial charge in [-0.3, -0.25) is 4.79 Å². The molecule has 0 saturated heterocycles. The second-order valence-corrected chi connectivity index (χ2v) is 4.88. The summed E-state index contributed by atoms with van der Waals surface area (Å²) in [6.45, 7) is 0. The number of amides is 3. The lowest BCUT2D eigenvalue weighted by Crippen LogP contribution is -2.24. The van der Waals surface area contributed by atoms with E-state index in [0.29, 0.717) is 11.4 Å². The smallest absolute Gasteiger partial charge is 0.318 e. The van der Waals surface area contributed by atoms with Crippen molar-refractivity contribution < 1.29 is 14.3 Å². The maximum Gasteiger partial charge on any atom is 0.318 e. The van der Waals surface area contributed by atoms with E-state index in [9.17, 15) is 9.59 Å². The van der Waals surface area contributed by atoms with Crippen molar-refractivity contribution in [2.45, 2.75) is 0 Å². The van der Waals surface area contributed by atoms with Gasteiger partial charge in [0.2, 0.25) is 5.91 Å². The molecule has 0 bridgehead atoms. The first-order valence-corrected chi connectivity index (χ1v) is 7.32. The number of hydrogen-bond donors (Lipinski definition) is 3. The Kier molecular flexibility index (Phi) is 5.96. The van der Waals surface area contributed by atoms with E-state index in [-0.39, 0.29) is 11.9 Å². The van der Waals surface area contributed by atoms with Gasteiger partial charge in [0.15, 0.2) is 0 Å². The molecule has 6 heteroatoms. The standard InChI is InChI=1S/C18H19N3O3/c1-19-18(23)21-15-7-4-6-14(12-15)20-17(22)10-9-13-5-3-8-16(11-13)24-2/h3-12H,1-2H3,(H,20,22)(H2,19,21,23)/b10-9+. The van der Waals surface area contributed by atoms with Crippen molar-refractivity contribution >= 4 is 29.4 Å². The zero-order chi connectivity index (χ0) is 17.4. The van der Waals surface area contributed by atoms with Gasteiger partial charge in [-0.25, -0.2) is 4.79 Å². The molecule has 6 nitrogen and oxygen atoms in total. The average Bonchev–Trinajstić information content (AvgIpc) is 2.60. The van der Waals surface area contributed by atoms with Crippen molar-refractivity contribution in [2.75, 3.05) is 24.8 Å². The van der Waals surface area contributed by atoms with Crippen molar-refractivity contribution in [3.8, 4) is 5.75 Å². The Morgan fingerprint density at radius 2 is 1.71 bits per heavy atom. The third-order valence-corrected chi connectivity index (χ3v) is 3.14. The lowest BCUT2D eigenvalue weighted by Gasteiger charge is -2.07. The highest BCUT2D eigenvalue weighted by atomic mass is 16.5. The molecule has 0 atom stereocenters. The highest BCUT2D eigenvalue weighted by molar-refractivity contribution is 6.02. The fourth-order valence-electron chi connectivity index (χ4n) is 1.97. The Labute approximate surface area is 140 Å². The first kappa shape index (κ1) is 17.1. The number of benzene rings is 2. The van der Waals surface area contributed by atoms with E-state index in [1.54, 1.807) is 37.5 Å². The number of methoxy groups -OCH3 is 1. The predicted octanol–water partition coefficient (Wildman–Crippen LogP) is 3.10. The molecule has 0 aromatic heterocycles. The number of hydrogen-bond acceptors (Lipinski definition) is 3. The molecule has 0 radical (unpaired) electrons. The second-order valence-electron chi connectivity index (χ2n) is 4.88. The molecule has 0 saturated carbocycles. The van der Waals surface area contributed by atoms with Gasteiger partial charge in [-0.2, -0.15) is 0 Å². The minimum Gasteiger partial charge on any atom is -0.497 e. The molecule has 0 fully saturated rings. The van der Waals surface area contributed by atoms with E-state index in [2.05, 4.69) is 16.0 Å². The van der Waals surface area contributed by atoms with Gasteiger partial charge in [0.25, 0.3) is 0 Å².